The van der Waals surface area contributed by atoms with E-state index in [9.17, 15) is 9.59 Å². The molecule has 1 N–H and O–H groups in total. The molecule has 6 nitrogen and oxygen atoms in total. The molecule has 1 aromatic heterocycles. The second kappa shape index (κ2) is 9.47. The molecule has 26 heavy (non-hydrogen) atoms. The standard InChI is InChI=1S/C19H22N2O4S/c22-18(20-12-17-2-1-11-26-17)14-25-19(23)16-5-3-15(4-6-16)13-21-7-9-24-10-8-21/h1-6,11H,7-10,12-14H2,(H,20,22). The molecular formula is C19H22N2O4S. The van der Waals surface area contributed by atoms with Gasteiger partial charge in [0.25, 0.3) is 5.91 Å². The minimum absolute atomic E-state index is 0.278. The highest BCUT2D eigenvalue weighted by Gasteiger charge is 2.13. The number of rotatable bonds is 7. The van der Waals surface area contributed by atoms with Crippen molar-refractivity contribution in [2.75, 3.05) is 32.9 Å². The maximum absolute atomic E-state index is 12.1. The molecule has 7 heteroatoms. The lowest BCUT2D eigenvalue weighted by Gasteiger charge is -2.26. The van der Waals surface area contributed by atoms with E-state index in [1.807, 2.05) is 29.6 Å². The van der Waals surface area contributed by atoms with Crippen molar-refractivity contribution in [3.05, 3.63) is 57.8 Å². The van der Waals surface area contributed by atoms with Gasteiger partial charge in [-0.15, -0.1) is 11.3 Å². The van der Waals surface area contributed by atoms with Crippen molar-refractivity contribution in [2.24, 2.45) is 0 Å². The molecule has 1 aliphatic heterocycles. The summed E-state index contributed by atoms with van der Waals surface area (Å²) >= 11 is 1.57. The molecule has 0 bridgehead atoms. The molecule has 3 rings (SSSR count). The Morgan fingerprint density at radius 1 is 1.15 bits per heavy atom. The monoisotopic (exact) mass is 374 g/mol. The topological polar surface area (TPSA) is 67.9 Å². The van der Waals surface area contributed by atoms with Crippen molar-refractivity contribution in [3.8, 4) is 0 Å². The summed E-state index contributed by atoms with van der Waals surface area (Å²) in [7, 11) is 0. The predicted octanol–water partition coefficient (Wildman–Crippen LogP) is 2.05. The first-order valence-corrected chi connectivity index (χ1v) is 9.44. The molecule has 1 aliphatic rings. The normalized spacial score (nSPS) is 14.8. The summed E-state index contributed by atoms with van der Waals surface area (Å²) in [6, 6.07) is 11.2. The Morgan fingerprint density at radius 3 is 2.62 bits per heavy atom. The van der Waals surface area contributed by atoms with Gasteiger partial charge in [-0.05, 0) is 29.1 Å². The molecule has 1 amide bonds. The SMILES string of the molecule is O=C(COC(=O)c1ccc(CN2CCOCC2)cc1)NCc1cccs1. The highest BCUT2D eigenvalue weighted by atomic mass is 32.1. The molecule has 0 unspecified atom stereocenters. The fourth-order valence-corrected chi connectivity index (χ4v) is 3.27. The van der Waals surface area contributed by atoms with Crippen LogP contribution in [0.1, 0.15) is 20.8 Å². The van der Waals surface area contributed by atoms with Crippen LogP contribution in [0.2, 0.25) is 0 Å². The van der Waals surface area contributed by atoms with Crippen molar-refractivity contribution in [3.63, 3.8) is 0 Å². The van der Waals surface area contributed by atoms with Gasteiger partial charge in [0.2, 0.25) is 0 Å². The molecule has 1 saturated heterocycles. The third-order valence-electron chi connectivity index (χ3n) is 4.07. The van der Waals surface area contributed by atoms with Gasteiger partial charge >= 0.3 is 5.97 Å². The zero-order valence-electron chi connectivity index (χ0n) is 14.5. The first-order chi connectivity index (χ1) is 12.7. The minimum atomic E-state index is -0.491. The van der Waals surface area contributed by atoms with Crippen LogP contribution >= 0.6 is 11.3 Å². The number of nitrogens with zero attached hydrogens (tertiary/aromatic N) is 1. The Bertz CT molecular complexity index is 710. The van der Waals surface area contributed by atoms with E-state index in [0.717, 1.165) is 43.3 Å². The van der Waals surface area contributed by atoms with E-state index < -0.39 is 5.97 Å². The maximum atomic E-state index is 12.1. The van der Waals surface area contributed by atoms with E-state index in [1.54, 1.807) is 23.5 Å². The van der Waals surface area contributed by atoms with E-state index in [4.69, 9.17) is 9.47 Å². The van der Waals surface area contributed by atoms with Crippen molar-refractivity contribution in [1.29, 1.82) is 0 Å². The molecule has 2 aromatic rings. The molecule has 1 fully saturated rings. The van der Waals surface area contributed by atoms with E-state index in [1.165, 1.54) is 0 Å². The van der Waals surface area contributed by atoms with Gasteiger partial charge in [0.1, 0.15) is 0 Å². The number of esters is 1. The van der Waals surface area contributed by atoms with Crippen LogP contribution in [0.3, 0.4) is 0 Å². The number of amides is 1. The molecule has 2 heterocycles. The van der Waals surface area contributed by atoms with Crippen LogP contribution in [0.25, 0.3) is 0 Å². The Labute approximate surface area is 156 Å². The highest BCUT2D eigenvalue weighted by molar-refractivity contribution is 7.09. The van der Waals surface area contributed by atoms with E-state index in [0.29, 0.717) is 12.1 Å². The van der Waals surface area contributed by atoms with Crippen LogP contribution < -0.4 is 5.32 Å². The first-order valence-electron chi connectivity index (χ1n) is 8.56. The van der Waals surface area contributed by atoms with Crippen LogP contribution in [0.4, 0.5) is 0 Å². The number of ether oxygens (including phenoxy) is 2. The molecule has 0 radical (unpaired) electrons. The van der Waals surface area contributed by atoms with Crippen LogP contribution in [0.15, 0.2) is 41.8 Å². The Balaban J connectivity index is 1.41. The second-order valence-electron chi connectivity index (χ2n) is 6.02. The smallest absolute Gasteiger partial charge is 0.338 e. The molecule has 0 spiro atoms. The number of nitrogens with one attached hydrogen (secondary N) is 1. The van der Waals surface area contributed by atoms with Gasteiger partial charge in [-0.3, -0.25) is 9.69 Å². The van der Waals surface area contributed by atoms with Crippen molar-refractivity contribution in [1.82, 2.24) is 10.2 Å². The molecule has 1 aromatic carbocycles. The number of carbonyl (C=O) groups is 2. The van der Waals surface area contributed by atoms with Gasteiger partial charge < -0.3 is 14.8 Å². The highest BCUT2D eigenvalue weighted by Crippen LogP contribution is 2.10. The van der Waals surface area contributed by atoms with E-state index in [-0.39, 0.29) is 12.5 Å². The zero-order chi connectivity index (χ0) is 18.2. The molecule has 0 atom stereocenters. The first kappa shape index (κ1) is 18.6. The number of thiophene rings is 1. The summed E-state index contributed by atoms with van der Waals surface area (Å²) in [5.41, 5.74) is 1.58. The summed E-state index contributed by atoms with van der Waals surface area (Å²) in [4.78, 5) is 27.2. The molecule has 0 aliphatic carbocycles. The van der Waals surface area contributed by atoms with Gasteiger partial charge in [-0.25, -0.2) is 4.79 Å². The number of morpholine rings is 1. The minimum Gasteiger partial charge on any atom is -0.452 e. The van der Waals surface area contributed by atoms with E-state index in [2.05, 4.69) is 10.2 Å². The lowest BCUT2D eigenvalue weighted by atomic mass is 10.1. The predicted molar refractivity (Wildman–Crippen MR) is 99.0 cm³/mol. The number of carbonyl (C=O) groups excluding carboxylic acids is 2. The average Bonchev–Trinajstić information content (AvgIpc) is 3.19. The summed E-state index contributed by atoms with van der Waals surface area (Å²) in [6.07, 6.45) is 0. The van der Waals surface area contributed by atoms with Crippen LogP contribution in [-0.4, -0.2) is 49.7 Å². The Kier molecular flexibility index (Phi) is 6.76. The van der Waals surface area contributed by atoms with Crippen LogP contribution in [0.5, 0.6) is 0 Å². The Morgan fingerprint density at radius 2 is 1.92 bits per heavy atom. The lowest BCUT2D eigenvalue weighted by molar-refractivity contribution is -0.124. The van der Waals surface area contributed by atoms with Crippen LogP contribution in [-0.2, 0) is 27.4 Å². The third-order valence-corrected chi connectivity index (χ3v) is 4.95. The molecule has 0 saturated carbocycles. The van der Waals surface area contributed by atoms with Crippen molar-refractivity contribution < 1.29 is 19.1 Å². The number of hydrogen-bond donors (Lipinski definition) is 1. The van der Waals surface area contributed by atoms with Crippen molar-refractivity contribution in [2.45, 2.75) is 13.1 Å². The fraction of sp³-hybridized carbons (Fsp3) is 0.368. The fourth-order valence-electron chi connectivity index (χ4n) is 2.63. The zero-order valence-corrected chi connectivity index (χ0v) is 15.3. The van der Waals surface area contributed by atoms with Crippen LogP contribution in [0, 0.1) is 0 Å². The maximum Gasteiger partial charge on any atom is 0.338 e. The molecular weight excluding hydrogens is 352 g/mol. The third kappa shape index (κ3) is 5.66. The average molecular weight is 374 g/mol. The van der Waals surface area contributed by atoms with Gasteiger partial charge in [0.05, 0.1) is 25.3 Å². The number of hydrogen-bond acceptors (Lipinski definition) is 6. The van der Waals surface area contributed by atoms with E-state index >= 15 is 0 Å². The van der Waals surface area contributed by atoms with Crippen molar-refractivity contribution >= 4 is 23.2 Å². The Hall–Kier alpha value is -2.22. The molecule has 138 valence electrons. The largest absolute Gasteiger partial charge is 0.452 e. The second-order valence-corrected chi connectivity index (χ2v) is 7.05. The number of benzene rings is 1. The summed E-state index contributed by atoms with van der Waals surface area (Å²) in [5.74, 6) is -0.801. The summed E-state index contributed by atoms with van der Waals surface area (Å²) < 4.78 is 10.4. The summed E-state index contributed by atoms with van der Waals surface area (Å²) in [5, 5.41) is 4.67. The van der Waals surface area contributed by atoms with Gasteiger partial charge in [-0.2, -0.15) is 0 Å². The van der Waals surface area contributed by atoms with Gasteiger partial charge in [-0.1, -0.05) is 18.2 Å². The quantitative estimate of drug-likeness (QED) is 0.752. The van der Waals surface area contributed by atoms with Gasteiger partial charge in [0.15, 0.2) is 6.61 Å². The lowest BCUT2D eigenvalue weighted by Crippen LogP contribution is -2.35. The summed E-state index contributed by atoms with van der Waals surface area (Å²) in [6.45, 7) is 4.38. The van der Waals surface area contributed by atoms with Gasteiger partial charge in [0, 0.05) is 24.5 Å².